The molecule has 0 saturated heterocycles. The normalized spacial score (nSPS) is 10.1. The zero-order valence-electron chi connectivity index (χ0n) is 12.4. The lowest BCUT2D eigenvalue weighted by Crippen LogP contribution is -2.13. The topological polar surface area (TPSA) is 83.4 Å². The number of anilines is 2. The van der Waals surface area contributed by atoms with Crippen molar-refractivity contribution in [3.63, 3.8) is 0 Å². The second-order valence-corrected chi connectivity index (χ2v) is 5.39. The van der Waals surface area contributed by atoms with Crippen LogP contribution < -0.4 is 5.32 Å². The van der Waals surface area contributed by atoms with E-state index in [4.69, 9.17) is 15.8 Å². The second kappa shape index (κ2) is 6.00. The van der Waals surface area contributed by atoms with Gasteiger partial charge in [0.15, 0.2) is 0 Å². The first-order valence-corrected chi connectivity index (χ1v) is 6.74. The maximum absolute atomic E-state index is 9.16. The molecule has 0 unspecified atom stereocenters. The standard InChI is InChI=1S/C18H14N4/c1-18(2,12-21)15-6-8-16(9-7-15)22-17-13(10-19)4-3-5-14(17)11-20/h3-9,22H,1-2H3. The lowest BCUT2D eigenvalue weighted by Gasteiger charge is -2.16. The summed E-state index contributed by atoms with van der Waals surface area (Å²) in [7, 11) is 0. The van der Waals surface area contributed by atoms with Gasteiger partial charge in [-0.15, -0.1) is 0 Å². The number of benzene rings is 2. The van der Waals surface area contributed by atoms with E-state index in [0.29, 0.717) is 16.8 Å². The van der Waals surface area contributed by atoms with Gasteiger partial charge >= 0.3 is 0 Å². The molecule has 0 aliphatic rings. The summed E-state index contributed by atoms with van der Waals surface area (Å²) in [5.74, 6) is 0. The molecular weight excluding hydrogens is 272 g/mol. The van der Waals surface area contributed by atoms with Crippen molar-refractivity contribution in [2.75, 3.05) is 5.32 Å². The minimum atomic E-state index is -0.555. The number of para-hydroxylation sites is 1. The Balaban J connectivity index is 2.36. The van der Waals surface area contributed by atoms with Crippen molar-refractivity contribution >= 4 is 11.4 Å². The molecule has 0 aliphatic heterocycles. The summed E-state index contributed by atoms with van der Waals surface area (Å²) < 4.78 is 0. The number of nitrogens with one attached hydrogen (secondary N) is 1. The van der Waals surface area contributed by atoms with Gasteiger partial charge in [-0.2, -0.15) is 15.8 Å². The predicted molar refractivity (Wildman–Crippen MR) is 84.2 cm³/mol. The first-order chi connectivity index (χ1) is 10.5. The van der Waals surface area contributed by atoms with Crippen LogP contribution in [-0.2, 0) is 5.41 Å². The average Bonchev–Trinajstić information content (AvgIpc) is 2.55. The molecule has 0 radical (unpaired) electrons. The molecule has 0 fully saturated rings. The molecule has 0 heterocycles. The smallest absolute Gasteiger partial charge is 0.101 e. The molecule has 1 N–H and O–H groups in total. The summed E-state index contributed by atoms with van der Waals surface area (Å²) in [6.45, 7) is 3.71. The molecule has 106 valence electrons. The second-order valence-electron chi connectivity index (χ2n) is 5.39. The average molecular weight is 286 g/mol. The van der Waals surface area contributed by atoms with Crippen LogP contribution in [0.1, 0.15) is 30.5 Å². The van der Waals surface area contributed by atoms with Gasteiger partial charge in [-0.1, -0.05) is 18.2 Å². The third-order valence-corrected chi connectivity index (χ3v) is 3.46. The molecule has 0 bridgehead atoms. The van der Waals surface area contributed by atoms with Crippen LogP contribution in [0.15, 0.2) is 42.5 Å². The third-order valence-electron chi connectivity index (χ3n) is 3.46. The number of nitriles is 3. The monoisotopic (exact) mass is 286 g/mol. The van der Waals surface area contributed by atoms with Crippen LogP contribution in [0, 0.1) is 34.0 Å². The molecule has 2 rings (SSSR count). The zero-order chi connectivity index (χ0) is 16.2. The highest BCUT2D eigenvalue weighted by molar-refractivity contribution is 5.73. The molecule has 22 heavy (non-hydrogen) atoms. The SMILES string of the molecule is CC(C)(C#N)c1ccc(Nc2c(C#N)cccc2C#N)cc1. The van der Waals surface area contributed by atoms with E-state index in [-0.39, 0.29) is 0 Å². The highest BCUT2D eigenvalue weighted by Gasteiger charge is 2.19. The van der Waals surface area contributed by atoms with Gasteiger partial charge < -0.3 is 5.32 Å². The highest BCUT2D eigenvalue weighted by atomic mass is 14.9. The van der Waals surface area contributed by atoms with E-state index in [0.717, 1.165) is 11.3 Å². The summed E-state index contributed by atoms with van der Waals surface area (Å²) in [6.07, 6.45) is 0. The molecule has 2 aromatic carbocycles. The quantitative estimate of drug-likeness (QED) is 0.925. The van der Waals surface area contributed by atoms with Crippen LogP contribution in [0.3, 0.4) is 0 Å². The Labute approximate surface area is 129 Å². The van der Waals surface area contributed by atoms with E-state index in [1.807, 2.05) is 38.1 Å². The third kappa shape index (κ3) is 2.90. The van der Waals surface area contributed by atoms with Gasteiger partial charge in [-0.25, -0.2) is 0 Å². The van der Waals surface area contributed by atoms with E-state index in [1.54, 1.807) is 18.2 Å². The Hall–Kier alpha value is -3.29. The van der Waals surface area contributed by atoms with Crippen LogP contribution in [0.5, 0.6) is 0 Å². The zero-order valence-corrected chi connectivity index (χ0v) is 12.4. The first-order valence-electron chi connectivity index (χ1n) is 6.74. The number of hydrogen-bond acceptors (Lipinski definition) is 4. The maximum atomic E-state index is 9.16. The molecule has 0 saturated carbocycles. The van der Waals surface area contributed by atoms with Gasteiger partial charge in [-0.05, 0) is 43.7 Å². The summed E-state index contributed by atoms with van der Waals surface area (Å²) >= 11 is 0. The van der Waals surface area contributed by atoms with Gasteiger partial charge in [0.1, 0.15) is 12.1 Å². The summed E-state index contributed by atoms with van der Waals surface area (Å²) in [6, 6.07) is 18.8. The van der Waals surface area contributed by atoms with E-state index < -0.39 is 5.41 Å². The van der Waals surface area contributed by atoms with Gasteiger partial charge in [0.05, 0.1) is 28.3 Å². The van der Waals surface area contributed by atoms with Crippen molar-refractivity contribution in [2.45, 2.75) is 19.3 Å². The minimum absolute atomic E-state index is 0.417. The van der Waals surface area contributed by atoms with Crippen LogP contribution >= 0.6 is 0 Å². The van der Waals surface area contributed by atoms with Crippen molar-refractivity contribution < 1.29 is 0 Å². The molecule has 0 amide bonds. The lowest BCUT2D eigenvalue weighted by atomic mass is 9.86. The summed E-state index contributed by atoms with van der Waals surface area (Å²) in [5.41, 5.74) is 2.45. The van der Waals surface area contributed by atoms with E-state index in [2.05, 4.69) is 23.5 Å². The van der Waals surface area contributed by atoms with E-state index in [1.165, 1.54) is 0 Å². The molecule has 4 heteroatoms. The molecule has 4 nitrogen and oxygen atoms in total. The Morgan fingerprint density at radius 3 is 1.86 bits per heavy atom. The molecule has 0 aliphatic carbocycles. The molecule has 0 spiro atoms. The lowest BCUT2D eigenvalue weighted by molar-refractivity contribution is 0.687. The number of nitrogens with zero attached hydrogens (tertiary/aromatic N) is 3. The van der Waals surface area contributed by atoms with Crippen LogP contribution in [0.4, 0.5) is 11.4 Å². The highest BCUT2D eigenvalue weighted by Crippen LogP contribution is 2.27. The largest absolute Gasteiger partial charge is 0.353 e. The fourth-order valence-electron chi connectivity index (χ4n) is 2.05. The van der Waals surface area contributed by atoms with Gasteiger partial charge in [-0.3, -0.25) is 0 Å². The maximum Gasteiger partial charge on any atom is 0.101 e. The Morgan fingerprint density at radius 1 is 0.864 bits per heavy atom. The van der Waals surface area contributed by atoms with Crippen molar-refractivity contribution in [2.24, 2.45) is 0 Å². The van der Waals surface area contributed by atoms with Gasteiger partial charge in [0, 0.05) is 5.69 Å². The van der Waals surface area contributed by atoms with Gasteiger partial charge in [0.2, 0.25) is 0 Å². The van der Waals surface area contributed by atoms with Crippen molar-refractivity contribution in [1.82, 2.24) is 0 Å². The van der Waals surface area contributed by atoms with Crippen molar-refractivity contribution in [3.05, 3.63) is 59.2 Å². The minimum Gasteiger partial charge on any atom is -0.353 e. The van der Waals surface area contributed by atoms with Gasteiger partial charge in [0.25, 0.3) is 0 Å². The fraction of sp³-hybridized carbons (Fsp3) is 0.167. The molecule has 0 atom stereocenters. The Bertz CT molecular complexity index is 780. The summed E-state index contributed by atoms with van der Waals surface area (Å²) in [4.78, 5) is 0. The van der Waals surface area contributed by atoms with Crippen molar-refractivity contribution in [1.29, 1.82) is 15.8 Å². The first kappa shape index (κ1) is 15.1. The van der Waals surface area contributed by atoms with Crippen LogP contribution in [0.25, 0.3) is 0 Å². The molecule has 0 aromatic heterocycles. The van der Waals surface area contributed by atoms with E-state index >= 15 is 0 Å². The molecule has 2 aromatic rings. The number of rotatable bonds is 3. The summed E-state index contributed by atoms with van der Waals surface area (Å²) in [5, 5.41) is 30.6. The predicted octanol–water partition coefficient (Wildman–Crippen LogP) is 3.97. The molecular formula is C18H14N4. The van der Waals surface area contributed by atoms with Crippen molar-refractivity contribution in [3.8, 4) is 18.2 Å². The Morgan fingerprint density at radius 2 is 1.41 bits per heavy atom. The fourth-order valence-corrected chi connectivity index (χ4v) is 2.05. The Kier molecular flexibility index (Phi) is 4.12. The van der Waals surface area contributed by atoms with Crippen LogP contribution in [-0.4, -0.2) is 0 Å². The van der Waals surface area contributed by atoms with E-state index in [9.17, 15) is 0 Å². The van der Waals surface area contributed by atoms with Crippen LogP contribution in [0.2, 0.25) is 0 Å². The number of hydrogen-bond donors (Lipinski definition) is 1.